The Hall–Kier alpha value is -3.36. The molecule has 4 rings (SSSR count). The average molecular weight is 465 g/mol. The zero-order valence-electron chi connectivity index (χ0n) is 17.4. The number of thiophene rings is 1. The monoisotopic (exact) mass is 464 g/mol. The third kappa shape index (κ3) is 4.76. The van der Waals surface area contributed by atoms with Crippen LogP contribution in [0.15, 0.2) is 65.6 Å². The Morgan fingerprint density at radius 3 is 2.38 bits per heavy atom. The van der Waals surface area contributed by atoms with Crippen molar-refractivity contribution in [3.05, 3.63) is 81.6 Å². The third-order valence-electron chi connectivity index (χ3n) is 4.75. The molecular formula is C24H20N2O4S2. The lowest BCUT2D eigenvalue weighted by atomic mass is 9.91. The molecule has 162 valence electrons. The van der Waals surface area contributed by atoms with Crippen LogP contribution in [-0.4, -0.2) is 31.7 Å². The standard InChI is InChI=1S/C24H20N2O4S2/c1-14(2)30-17-8-5-15(6-9-17)23(27)19(13-18-4-3-11-31-18)22(24(28)29)16-7-10-20-21(12-16)26-32-25-20/h3-12,14H,13H2,1-2H3,(H,28,29). The predicted octanol–water partition coefficient (Wildman–Crippen LogP) is 5.50. The van der Waals surface area contributed by atoms with E-state index in [9.17, 15) is 14.7 Å². The minimum Gasteiger partial charge on any atom is -0.491 e. The Kier molecular flexibility index (Phi) is 6.43. The van der Waals surface area contributed by atoms with E-state index in [1.807, 2.05) is 31.4 Å². The topological polar surface area (TPSA) is 89.4 Å². The number of ketones is 1. The lowest BCUT2D eigenvalue weighted by Crippen LogP contribution is -2.14. The van der Waals surface area contributed by atoms with Gasteiger partial charge in [0.1, 0.15) is 16.8 Å². The Morgan fingerprint density at radius 1 is 1.00 bits per heavy atom. The van der Waals surface area contributed by atoms with Gasteiger partial charge in [0, 0.05) is 22.4 Å². The molecule has 0 aliphatic heterocycles. The van der Waals surface area contributed by atoms with Gasteiger partial charge in [0.05, 0.1) is 23.4 Å². The average Bonchev–Trinajstić information content (AvgIpc) is 3.44. The van der Waals surface area contributed by atoms with Crippen LogP contribution in [0, 0.1) is 0 Å². The SMILES string of the molecule is CC(C)Oc1ccc(C(=O)C(Cc2cccs2)=C(C(=O)O)c2ccc3nsnc3c2)cc1. The molecule has 0 saturated carbocycles. The second kappa shape index (κ2) is 9.42. The summed E-state index contributed by atoms with van der Waals surface area (Å²) in [5, 5.41) is 12.0. The van der Waals surface area contributed by atoms with Crippen LogP contribution >= 0.6 is 23.1 Å². The van der Waals surface area contributed by atoms with E-state index in [0.29, 0.717) is 27.9 Å². The van der Waals surface area contributed by atoms with Crippen LogP contribution in [0.25, 0.3) is 16.6 Å². The van der Waals surface area contributed by atoms with Gasteiger partial charge in [-0.3, -0.25) is 4.79 Å². The van der Waals surface area contributed by atoms with E-state index in [1.54, 1.807) is 42.5 Å². The Labute approximate surface area is 193 Å². The first kappa shape index (κ1) is 21.9. The Bertz CT molecular complexity index is 1290. The van der Waals surface area contributed by atoms with Crippen molar-refractivity contribution in [2.45, 2.75) is 26.4 Å². The number of carboxylic acid groups (broad SMARTS) is 1. The number of allylic oxidation sites excluding steroid dienone is 1. The molecule has 6 nitrogen and oxygen atoms in total. The normalized spacial score (nSPS) is 12.1. The van der Waals surface area contributed by atoms with Gasteiger partial charge in [0.2, 0.25) is 0 Å². The molecular weight excluding hydrogens is 444 g/mol. The second-order valence-electron chi connectivity index (χ2n) is 7.40. The summed E-state index contributed by atoms with van der Waals surface area (Å²) in [5.41, 5.74) is 2.32. The van der Waals surface area contributed by atoms with Crippen molar-refractivity contribution >= 4 is 51.4 Å². The summed E-state index contributed by atoms with van der Waals surface area (Å²) in [4.78, 5) is 26.9. The maximum Gasteiger partial charge on any atom is 0.336 e. The highest BCUT2D eigenvalue weighted by molar-refractivity contribution is 7.09. The molecule has 0 aliphatic rings. The van der Waals surface area contributed by atoms with Gasteiger partial charge < -0.3 is 9.84 Å². The summed E-state index contributed by atoms with van der Waals surface area (Å²) >= 11 is 2.54. The summed E-state index contributed by atoms with van der Waals surface area (Å²) < 4.78 is 14.0. The van der Waals surface area contributed by atoms with Crippen molar-refractivity contribution in [2.24, 2.45) is 0 Å². The molecule has 0 unspecified atom stereocenters. The fourth-order valence-corrected chi connectivity index (χ4v) is 4.60. The van der Waals surface area contributed by atoms with Crippen molar-refractivity contribution in [1.82, 2.24) is 8.75 Å². The van der Waals surface area contributed by atoms with Gasteiger partial charge in [-0.15, -0.1) is 11.3 Å². The first-order valence-corrected chi connectivity index (χ1v) is 11.6. The Morgan fingerprint density at radius 2 is 1.72 bits per heavy atom. The number of hydrogen-bond donors (Lipinski definition) is 1. The summed E-state index contributed by atoms with van der Waals surface area (Å²) in [6, 6.07) is 15.6. The summed E-state index contributed by atoms with van der Waals surface area (Å²) in [6.07, 6.45) is 0.231. The highest BCUT2D eigenvalue weighted by atomic mass is 32.1. The third-order valence-corrected chi connectivity index (χ3v) is 6.18. The van der Waals surface area contributed by atoms with Crippen molar-refractivity contribution in [3.63, 3.8) is 0 Å². The van der Waals surface area contributed by atoms with Gasteiger partial charge in [-0.25, -0.2) is 4.79 Å². The van der Waals surface area contributed by atoms with E-state index >= 15 is 0 Å². The molecule has 2 aromatic carbocycles. The molecule has 0 atom stereocenters. The quantitative estimate of drug-likeness (QED) is 0.273. The Balaban J connectivity index is 1.82. The molecule has 0 radical (unpaired) electrons. The fourth-order valence-electron chi connectivity index (χ4n) is 3.37. The van der Waals surface area contributed by atoms with Crippen LogP contribution in [-0.2, 0) is 11.2 Å². The van der Waals surface area contributed by atoms with E-state index in [1.165, 1.54) is 11.3 Å². The lowest BCUT2D eigenvalue weighted by molar-refractivity contribution is -0.130. The van der Waals surface area contributed by atoms with Crippen molar-refractivity contribution in [1.29, 1.82) is 0 Å². The maximum absolute atomic E-state index is 13.6. The van der Waals surface area contributed by atoms with Gasteiger partial charge in [-0.1, -0.05) is 12.1 Å². The zero-order valence-corrected chi connectivity index (χ0v) is 19.1. The molecule has 2 heterocycles. The van der Waals surface area contributed by atoms with E-state index in [0.717, 1.165) is 16.6 Å². The highest BCUT2D eigenvalue weighted by Gasteiger charge is 2.24. The first-order valence-electron chi connectivity index (χ1n) is 9.95. The predicted molar refractivity (Wildman–Crippen MR) is 127 cm³/mol. The number of aliphatic carboxylic acids is 1. The van der Waals surface area contributed by atoms with E-state index in [-0.39, 0.29) is 29.5 Å². The fraction of sp³-hybridized carbons (Fsp3) is 0.167. The van der Waals surface area contributed by atoms with Crippen LogP contribution in [0.3, 0.4) is 0 Å². The highest BCUT2D eigenvalue weighted by Crippen LogP contribution is 2.29. The van der Waals surface area contributed by atoms with Crippen LogP contribution in [0.1, 0.15) is 34.6 Å². The van der Waals surface area contributed by atoms with Crippen LogP contribution < -0.4 is 4.74 Å². The molecule has 32 heavy (non-hydrogen) atoms. The first-order chi connectivity index (χ1) is 15.4. The van der Waals surface area contributed by atoms with Crippen LogP contribution in [0.4, 0.5) is 0 Å². The van der Waals surface area contributed by atoms with Crippen molar-refractivity contribution in [2.75, 3.05) is 0 Å². The molecule has 2 aromatic heterocycles. The minimum atomic E-state index is -1.16. The number of fused-ring (bicyclic) bond motifs is 1. The molecule has 0 bridgehead atoms. The van der Waals surface area contributed by atoms with Gasteiger partial charge >= 0.3 is 5.97 Å². The molecule has 1 N–H and O–H groups in total. The molecule has 4 aromatic rings. The minimum absolute atomic E-state index is 0.0135. The van der Waals surface area contributed by atoms with Crippen molar-refractivity contribution in [3.8, 4) is 5.75 Å². The summed E-state index contributed by atoms with van der Waals surface area (Å²) in [5.74, 6) is -0.837. The van der Waals surface area contributed by atoms with Gasteiger partial charge in [-0.05, 0) is 67.3 Å². The van der Waals surface area contributed by atoms with Gasteiger partial charge in [0.25, 0.3) is 0 Å². The van der Waals surface area contributed by atoms with Crippen molar-refractivity contribution < 1.29 is 19.4 Å². The summed E-state index contributed by atoms with van der Waals surface area (Å²) in [6.45, 7) is 3.85. The van der Waals surface area contributed by atoms with E-state index in [4.69, 9.17) is 4.74 Å². The second-order valence-corrected chi connectivity index (χ2v) is 8.96. The number of carbonyl (C=O) groups excluding carboxylic acids is 1. The number of carboxylic acids is 1. The van der Waals surface area contributed by atoms with Crippen LogP contribution in [0.2, 0.25) is 0 Å². The number of ether oxygens (including phenoxy) is 1. The molecule has 0 spiro atoms. The smallest absolute Gasteiger partial charge is 0.336 e. The van der Waals surface area contributed by atoms with E-state index in [2.05, 4.69) is 8.75 Å². The number of hydrogen-bond acceptors (Lipinski definition) is 7. The number of benzene rings is 2. The molecule has 0 fully saturated rings. The number of rotatable bonds is 8. The van der Waals surface area contributed by atoms with E-state index < -0.39 is 5.97 Å². The number of aromatic nitrogens is 2. The van der Waals surface area contributed by atoms with Gasteiger partial charge in [0.15, 0.2) is 5.78 Å². The molecule has 0 amide bonds. The molecule has 0 aliphatic carbocycles. The number of carbonyl (C=O) groups is 2. The molecule has 0 saturated heterocycles. The zero-order chi connectivity index (χ0) is 22.7. The van der Waals surface area contributed by atoms with Gasteiger partial charge in [-0.2, -0.15) is 8.75 Å². The summed E-state index contributed by atoms with van der Waals surface area (Å²) in [7, 11) is 0. The van der Waals surface area contributed by atoms with Crippen LogP contribution in [0.5, 0.6) is 5.75 Å². The molecule has 8 heteroatoms. The number of nitrogens with zero attached hydrogens (tertiary/aromatic N) is 2. The largest absolute Gasteiger partial charge is 0.491 e. The maximum atomic E-state index is 13.6. The number of Topliss-reactive ketones (excluding diaryl/α,β-unsaturated/α-hetero) is 1. The lowest BCUT2D eigenvalue weighted by Gasteiger charge is -2.13.